The third-order valence-corrected chi connectivity index (χ3v) is 5.48. The predicted octanol–water partition coefficient (Wildman–Crippen LogP) is 4.35. The molecule has 0 unspecified atom stereocenters. The molecule has 0 aliphatic rings. The third kappa shape index (κ3) is 5.30. The van der Waals surface area contributed by atoms with Gasteiger partial charge in [-0.25, -0.2) is 4.79 Å². The average Bonchev–Trinajstić information content (AvgIpc) is 2.96. The fourth-order valence-corrected chi connectivity index (χ4v) is 3.84. The first-order valence-corrected chi connectivity index (χ1v) is 10.1. The summed E-state index contributed by atoms with van der Waals surface area (Å²) in [5, 5.41) is 3.00. The van der Waals surface area contributed by atoms with Crippen molar-refractivity contribution in [3.05, 3.63) is 56.4 Å². The van der Waals surface area contributed by atoms with Crippen LogP contribution in [0, 0.1) is 6.92 Å². The fourth-order valence-electron chi connectivity index (χ4n) is 2.36. The van der Waals surface area contributed by atoms with E-state index in [-0.39, 0.29) is 18.1 Å². The van der Waals surface area contributed by atoms with Gasteiger partial charge in [-0.15, -0.1) is 11.3 Å². The number of ether oxygens (including phenoxy) is 1. The summed E-state index contributed by atoms with van der Waals surface area (Å²) in [4.78, 5) is 38.9. The minimum absolute atomic E-state index is 0.196. The van der Waals surface area contributed by atoms with Crippen LogP contribution in [0.4, 0.5) is 5.00 Å². The quantitative estimate of drug-likeness (QED) is 0.509. The highest BCUT2D eigenvalue weighted by molar-refractivity contribution is 9.10. The minimum atomic E-state index is -0.568. The van der Waals surface area contributed by atoms with Crippen LogP contribution in [0.2, 0.25) is 0 Å². The predicted molar refractivity (Wildman–Crippen MR) is 115 cm³/mol. The Morgan fingerprint density at radius 3 is 2.43 bits per heavy atom. The smallest absolute Gasteiger partial charge is 0.341 e. The van der Waals surface area contributed by atoms with Crippen LogP contribution >= 0.6 is 27.3 Å². The van der Waals surface area contributed by atoms with Crippen LogP contribution in [0.25, 0.3) is 6.08 Å². The molecule has 1 aromatic heterocycles. The molecule has 0 spiro atoms. The number of benzene rings is 1. The number of carbonyl (C=O) groups excluding carboxylic acids is 3. The number of nitrogens with zero attached hydrogens (tertiary/aromatic N) is 1. The third-order valence-electron chi connectivity index (χ3n) is 3.76. The number of hydrogen-bond acceptors (Lipinski definition) is 5. The molecule has 0 fully saturated rings. The number of hydrogen-bond donors (Lipinski definition) is 1. The first-order valence-electron chi connectivity index (χ1n) is 8.51. The zero-order chi connectivity index (χ0) is 20.8. The summed E-state index contributed by atoms with van der Waals surface area (Å²) >= 11 is 4.42. The van der Waals surface area contributed by atoms with E-state index in [1.807, 2.05) is 24.3 Å². The maximum Gasteiger partial charge on any atom is 0.341 e. The molecule has 8 heteroatoms. The van der Waals surface area contributed by atoms with Crippen LogP contribution in [0.3, 0.4) is 0 Å². The van der Waals surface area contributed by atoms with Crippen molar-refractivity contribution in [1.29, 1.82) is 0 Å². The topological polar surface area (TPSA) is 75.7 Å². The molecule has 2 amide bonds. The SMILES string of the molecule is CCOC(=O)c1c(NC(=O)C=Cc2ccc(Br)cc2)sc(C(=O)N(C)C)c1C. The molecule has 0 aliphatic carbocycles. The Morgan fingerprint density at radius 2 is 1.86 bits per heavy atom. The number of thiophene rings is 1. The number of carbonyl (C=O) groups is 3. The summed E-state index contributed by atoms with van der Waals surface area (Å²) in [5.41, 5.74) is 1.56. The molecule has 28 heavy (non-hydrogen) atoms. The number of rotatable bonds is 6. The Hall–Kier alpha value is -2.45. The van der Waals surface area contributed by atoms with Crippen LogP contribution in [0.15, 0.2) is 34.8 Å². The van der Waals surface area contributed by atoms with Crippen molar-refractivity contribution < 1.29 is 19.1 Å². The highest BCUT2D eigenvalue weighted by Crippen LogP contribution is 2.34. The summed E-state index contributed by atoms with van der Waals surface area (Å²) in [6.45, 7) is 3.57. The Labute approximate surface area is 176 Å². The van der Waals surface area contributed by atoms with E-state index in [1.54, 1.807) is 34.0 Å². The van der Waals surface area contributed by atoms with E-state index in [0.29, 0.717) is 15.4 Å². The highest BCUT2D eigenvalue weighted by Gasteiger charge is 2.26. The summed E-state index contributed by atoms with van der Waals surface area (Å²) in [5.74, 6) is -1.21. The van der Waals surface area contributed by atoms with Gasteiger partial charge < -0.3 is 15.0 Å². The van der Waals surface area contributed by atoms with E-state index in [2.05, 4.69) is 21.2 Å². The first kappa shape index (κ1) is 21.8. The van der Waals surface area contributed by atoms with Gasteiger partial charge in [-0.3, -0.25) is 9.59 Å². The summed E-state index contributed by atoms with van der Waals surface area (Å²) in [6.07, 6.45) is 3.04. The van der Waals surface area contributed by atoms with Crippen molar-refractivity contribution in [3.8, 4) is 0 Å². The molecule has 6 nitrogen and oxygen atoms in total. The Morgan fingerprint density at radius 1 is 1.21 bits per heavy atom. The molecule has 2 rings (SSSR count). The molecule has 0 aliphatic heterocycles. The van der Waals surface area contributed by atoms with Gasteiger partial charge in [0.15, 0.2) is 0 Å². The van der Waals surface area contributed by atoms with E-state index >= 15 is 0 Å². The molecule has 2 aromatic rings. The van der Waals surface area contributed by atoms with Gasteiger partial charge >= 0.3 is 5.97 Å². The van der Waals surface area contributed by atoms with Crippen LogP contribution in [-0.2, 0) is 9.53 Å². The lowest BCUT2D eigenvalue weighted by molar-refractivity contribution is -0.111. The normalized spacial score (nSPS) is 10.8. The maximum atomic E-state index is 12.4. The van der Waals surface area contributed by atoms with Gasteiger partial charge in [0.1, 0.15) is 5.00 Å². The highest BCUT2D eigenvalue weighted by atomic mass is 79.9. The fraction of sp³-hybridized carbons (Fsp3) is 0.250. The second-order valence-corrected chi connectivity index (χ2v) is 7.99. The van der Waals surface area contributed by atoms with Gasteiger partial charge in [0.25, 0.3) is 5.91 Å². The van der Waals surface area contributed by atoms with E-state index in [0.717, 1.165) is 21.4 Å². The summed E-state index contributed by atoms with van der Waals surface area (Å²) in [6, 6.07) is 7.47. The Bertz CT molecular complexity index is 917. The van der Waals surface area contributed by atoms with Gasteiger partial charge in [-0.2, -0.15) is 0 Å². The van der Waals surface area contributed by atoms with Crippen LogP contribution < -0.4 is 5.32 Å². The van der Waals surface area contributed by atoms with Crippen molar-refractivity contribution in [1.82, 2.24) is 4.90 Å². The molecule has 0 atom stereocenters. The molecule has 0 saturated heterocycles. The van der Waals surface area contributed by atoms with Gasteiger partial charge in [0.05, 0.1) is 17.0 Å². The molecule has 148 valence electrons. The Balaban J connectivity index is 2.30. The first-order chi connectivity index (χ1) is 13.2. The zero-order valence-electron chi connectivity index (χ0n) is 16.0. The van der Waals surface area contributed by atoms with Crippen molar-refractivity contribution in [2.45, 2.75) is 13.8 Å². The molecule has 0 bridgehead atoms. The van der Waals surface area contributed by atoms with Gasteiger partial charge in [0.2, 0.25) is 5.91 Å². The number of nitrogens with one attached hydrogen (secondary N) is 1. The minimum Gasteiger partial charge on any atom is -0.462 e. The number of anilines is 1. The number of esters is 1. The lowest BCUT2D eigenvalue weighted by Crippen LogP contribution is -2.21. The monoisotopic (exact) mass is 464 g/mol. The standard InChI is InChI=1S/C20H21BrN2O4S/c1-5-27-20(26)16-12(2)17(19(25)23(3)4)28-18(16)22-15(24)11-8-13-6-9-14(21)10-7-13/h6-11H,5H2,1-4H3,(H,22,24). The zero-order valence-corrected chi connectivity index (χ0v) is 18.4. The van der Waals surface area contributed by atoms with Crippen molar-refractivity contribution >= 4 is 56.1 Å². The second-order valence-electron chi connectivity index (χ2n) is 6.05. The summed E-state index contributed by atoms with van der Waals surface area (Å²) < 4.78 is 6.04. The molecule has 1 N–H and O–H groups in total. The van der Waals surface area contributed by atoms with Crippen LogP contribution in [0.1, 0.15) is 38.1 Å². The molecule has 1 heterocycles. The largest absolute Gasteiger partial charge is 0.462 e. The van der Waals surface area contributed by atoms with Gasteiger partial charge in [-0.1, -0.05) is 28.1 Å². The van der Waals surface area contributed by atoms with Crippen LogP contribution in [0.5, 0.6) is 0 Å². The van der Waals surface area contributed by atoms with E-state index < -0.39 is 11.9 Å². The van der Waals surface area contributed by atoms with Crippen LogP contribution in [-0.4, -0.2) is 43.4 Å². The summed E-state index contributed by atoms with van der Waals surface area (Å²) in [7, 11) is 3.26. The average molecular weight is 465 g/mol. The number of amides is 2. The molecular weight excluding hydrogens is 444 g/mol. The van der Waals surface area contributed by atoms with Gasteiger partial charge in [0, 0.05) is 24.6 Å². The van der Waals surface area contributed by atoms with Crippen molar-refractivity contribution in [2.75, 3.05) is 26.0 Å². The Kier molecular flexibility index (Phi) is 7.53. The maximum absolute atomic E-state index is 12.4. The lowest BCUT2D eigenvalue weighted by Gasteiger charge is -2.09. The van der Waals surface area contributed by atoms with E-state index in [4.69, 9.17) is 4.74 Å². The lowest BCUT2D eigenvalue weighted by atomic mass is 10.1. The van der Waals surface area contributed by atoms with E-state index in [1.165, 1.54) is 11.0 Å². The molecular formula is C20H21BrN2O4S. The molecule has 0 radical (unpaired) electrons. The van der Waals surface area contributed by atoms with Crippen molar-refractivity contribution in [2.24, 2.45) is 0 Å². The van der Waals surface area contributed by atoms with E-state index in [9.17, 15) is 14.4 Å². The second kappa shape index (κ2) is 9.66. The molecule has 1 aromatic carbocycles. The van der Waals surface area contributed by atoms with Gasteiger partial charge in [-0.05, 0) is 43.2 Å². The molecule has 0 saturated carbocycles. The number of halogens is 1. The van der Waals surface area contributed by atoms with Crippen molar-refractivity contribution in [3.63, 3.8) is 0 Å².